The quantitative estimate of drug-likeness (QED) is 0.942. The maximum absolute atomic E-state index is 12.0. The van der Waals surface area contributed by atoms with Crippen LogP contribution in [0.2, 0.25) is 5.02 Å². The molecule has 0 saturated carbocycles. The lowest BCUT2D eigenvalue weighted by molar-refractivity contribution is -0.119. The van der Waals surface area contributed by atoms with Crippen LogP contribution in [0.5, 0.6) is 0 Å². The molecule has 7 heteroatoms. The molecule has 1 N–H and O–H groups in total. The zero-order valence-corrected chi connectivity index (χ0v) is 11.8. The van der Waals surface area contributed by atoms with Crippen LogP contribution in [-0.4, -0.2) is 20.7 Å². The number of hydrogen-bond donors (Lipinski definition) is 1. The van der Waals surface area contributed by atoms with Gasteiger partial charge in [-0.05, 0) is 41.1 Å². The maximum atomic E-state index is 12.0. The summed E-state index contributed by atoms with van der Waals surface area (Å²) in [5, 5.41) is 7.23. The average Bonchev–Trinajstić information content (AvgIpc) is 2.86. The number of rotatable bonds is 3. The van der Waals surface area contributed by atoms with E-state index in [4.69, 9.17) is 11.6 Å². The highest BCUT2D eigenvalue weighted by Crippen LogP contribution is 2.25. The van der Waals surface area contributed by atoms with Crippen molar-refractivity contribution in [3.05, 3.63) is 40.3 Å². The first-order valence-electron chi connectivity index (χ1n) is 5.18. The SMILES string of the molecule is CC(C(=O)Nc1ccc(Br)c(Cl)c1)n1cncn1. The van der Waals surface area contributed by atoms with Gasteiger partial charge in [0, 0.05) is 10.2 Å². The lowest BCUT2D eigenvalue weighted by Crippen LogP contribution is -2.24. The molecule has 1 unspecified atom stereocenters. The standard InChI is InChI=1S/C11H10BrClN4O/c1-7(17-6-14-5-15-17)11(18)16-8-2-3-9(12)10(13)4-8/h2-7H,1H3,(H,16,18). The molecule has 5 nitrogen and oxygen atoms in total. The maximum Gasteiger partial charge on any atom is 0.249 e. The van der Waals surface area contributed by atoms with Gasteiger partial charge in [-0.1, -0.05) is 11.6 Å². The largest absolute Gasteiger partial charge is 0.324 e. The fourth-order valence-corrected chi connectivity index (χ4v) is 1.79. The van der Waals surface area contributed by atoms with Crippen molar-refractivity contribution in [2.24, 2.45) is 0 Å². The Labute approximate surface area is 117 Å². The first-order chi connectivity index (χ1) is 8.58. The van der Waals surface area contributed by atoms with Crippen molar-refractivity contribution < 1.29 is 4.79 Å². The minimum Gasteiger partial charge on any atom is -0.324 e. The third-order valence-electron chi connectivity index (χ3n) is 2.40. The molecule has 1 aromatic heterocycles. The van der Waals surface area contributed by atoms with Crippen molar-refractivity contribution in [1.82, 2.24) is 14.8 Å². The molecule has 1 atom stereocenters. The van der Waals surface area contributed by atoms with Crippen molar-refractivity contribution in [2.45, 2.75) is 13.0 Å². The van der Waals surface area contributed by atoms with E-state index < -0.39 is 6.04 Å². The van der Waals surface area contributed by atoms with E-state index in [0.29, 0.717) is 10.7 Å². The van der Waals surface area contributed by atoms with E-state index in [-0.39, 0.29) is 5.91 Å². The molecule has 2 rings (SSSR count). The summed E-state index contributed by atoms with van der Waals surface area (Å²) in [6, 6.07) is 4.78. The zero-order chi connectivity index (χ0) is 13.1. The van der Waals surface area contributed by atoms with Crippen LogP contribution in [-0.2, 0) is 4.79 Å². The molecule has 0 saturated heterocycles. The lowest BCUT2D eigenvalue weighted by atomic mass is 10.3. The summed E-state index contributed by atoms with van der Waals surface area (Å²) < 4.78 is 2.27. The van der Waals surface area contributed by atoms with E-state index in [2.05, 4.69) is 31.3 Å². The molecular formula is C11H10BrClN4O. The molecule has 0 aliphatic rings. The highest BCUT2D eigenvalue weighted by Gasteiger charge is 2.15. The van der Waals surface area contributed by atoms with Gasteiger partial charge in [0.1, 0.15) is 18.7 Å². The van der Waals surface area contributed by atoms with Gasteiger partial charge in [-0.3, -0.25) is 4.79 Å². The van der Waals surface area contributed by atoms with Crippen LogP contribution in [0.25, 0.3) is 0 Å². The van der Waals surface area contributed by atoms with Crippen molar-refractivity contribution in [2.75, 3.05) is 5.32 Å². The average molecular weight is 330 g/mol. The molecule has 18 heavy (non-hydrogen) atoms. The Kier molecular flexibility index (Phi) is 3.98. The van der Waals surface area contributed by atoms with Crippen LogP contribution in [0.15, 0.2) is 35.3 Å². The third-order valence-corrected chi connectivity index (χ3v) is 3.63. The monoisotopic (exact) mass is 328 g/mol. The third kappa shape index (κ3) is 2.88. The molecule has 1 aromatic carbocycles. The summed E-state index contributed by atoms with van der Waals surface area (Å²) in [4.78, 5) is 15.8. The van der Waals surface area contributed by atoms with Crippen LogP contribution in [0.1, 0.15) is 13.0 Å². The van der Waals surface area contributed by atoms with Crippen molar-refractivity contribution >= 4 is 39.1 Å². The molecule has 0 spiro atoms. The van der Waals surface area contributed by atoms with E-state index in [0.717, 1.165) is 4.47 Å². The van der Waals surface area contributed by atoms with Gasteiger partial charge in [-0.2, -0.15) is 5.10 Å². The molecule has 1 heterocycles. The second-order valence-corrected chi connectivity index (χ2v) is 4.93. The van der Waals surface area contributed by atoms with Crippen LogP contribution < -0.4 is 5.32 Å². The molecular weight excluding hydrogens is 320 g/mol. The molecule has 0 aliphatic heterocycles. The number of carbonyl (C=O) groups excluding carboxylic acids is 1. The minimum atomic E-state index is -0.435. The summed E-state index contributed by atoms with van der Waals surface area (Å²) in [5.41, 5.74) is 0.639. The number of nitrogens with one attached hydrogen (secondary N) is 1. The number of amides is 1. The Bertz CT molecular complexity index is 558. The Morgan fingerprint density at radius 3 is 2.94 bits per heavy atom. The number of halogens is 2. The molecule has 1 amide bonds. The summed E-state index contributed by atoms with van der Waals surface area (Å²) in [7, 11) is 0. The Morgan fingerprint density at radius 2 is 2.33 bits per heavy atom. The van der Waals surface area contributed by atoms with Crippen LogP contribution >= 0.6 is 27.5 Å². The van der Waals surface area contributed by atoms with Gasteiger partial charge < -0.3 is 5.32 Å². The van der Waals surface area contributed by atoms with Gasteiger partial charge >= 0.3 is 0 Å². The molecule has 0 aliphatic carbocycles. The predicted molar refractivity (Wildman–Crippen MR) is 72.5 cm³/mol. The van der Waals surface area contributed by atoms with Gasteiger partial charge in [-0.25, -0.2) is 9.67 Å². The van der Waals surface area contributed by atoms with Crippen molar-refractivity contribution in [3.63, 3.8) is 0 Å². The number of aromatic nitrogens is 3. The van der Waals surface area contributed by atoms with Crippen molar-refractivity contribution in [1.29, 1.82) is 0 Å². The van der Waals surface area contributed by atoms with Crippen molar-refractivity contribution in [3.8, 4) is 0 Å². The number of carbonyl (C=O) groups is 1. The van der Waals surface area contributed by atoms with E-state index >= 15 is 0 Å². The normalized spacial score (nSPS) is 12.2. The second-order valence-electron chi connectivity index (χ2n) is 3.67. The lowest BCUT2D eigenvalue weighted by Gasteiger charge is -2.12. The Morgan fingerprint density at radius 1 is 1.56 bits per heavy atom. The first-order valence-corrected chi connectivity index (χ1v) is 6.35. The van der Waals surface area contributed by atoms with E-state index in [9.17, 15) is 4.79 Å². The highest BCUT2D eigenvalue weighted by atomic mass is 79.9. The van der Waals surface area contributed by atoms with Crippen LogP contribution in [0.3, 0.4) is 0 Å². The predicted octanol–water partition coefficient (Wildman–Crippen LogP) is 2.89. The van der Waals surface area contributed by atoms with E-state index in [1.165, 1.54) is 17.3 Å². The fraction of sp³-hybridized carbons (Fsp3) is 0.182. The minimum absolute atomic E-state index is 0.182. The highest BCUT2D eigenvalue weighted by molar-refractivity contribution is 9.10. The summed E-state index contributed by atoms with van der Waals surface area (Å²) in [6.45, 7) is 1.74. The van der Waals surface area contributed by atoms with Crippen LogP contribution in [0.4, 0.5) is 5.69 Å². The number of hydrogen-bond acceptors (Lipinski definition) is 3. The summed E-state index contributed by atoms with van der Waals surface area (Å²) in [5.74, 6) is -0.182. The second kappa shape index (κ2) is 5.49. The molecule has 2 aromatic rings. The van der Waals surface area contributed by atoms with Crippen LogP contribution in [0, 0.1) is 0 Å². The van der Waals surface area contributed by atoms with E-state index in [1.807, 2.05) is 0 Å². The fourth-order valence-electron chi connectivity index (χ4n) is 1.36. The number of nitrogens with zero attached hydrogens (tertiary/aromatic N) is 3. The molecule has 0 radical (unpaired) electrons. The molecule has 0 bridgehead atoms. The van der Waals surface area contributed by atoms with Gasteiger partial charge in [-0.15, -0.1) is 0 Å². The zero-order valence-electron chi connectivity index (χ0n) is 9.47. The summed E-state index contributed by atoms with van der Waals surface area (Å²) >= 11 is 9.24. The number of anilines is 1. The van der Waals surface area contributed by atoms with Gasteiger partial charge in [0.15, 0.2) is 0 Å². The molecule has 94 valence electrons. The van der Waals surface area contributed by atoms with E-state index in [1.54, 1.807) is 25.1 Å². The Hall–Kier alpha value is -1.40. The topological polar surface area (TPSA) is 59.8 Å². The smallest absolute Gasteiger partial charge is 0.249 e. The summed E-state index contributed by atoms with van der Waals surface area (Å²) in [6.07, 6.45) is 2.89. The Balaban J connectivity index is 2.09. The van der Waals surface area contributed by atoms with Gasteiger partial charge in [0.25, 0.3) is 0 Å². The van der Waals surface area contributed by atoms with Gasteiger partial charge in [0.05, 0.1) is 5.02 Å². The first kappa shape index (κ1) is 13.0. The molecule has 0 fully saturated rings. The van der Waals surface area contributed by atoms with Gasteiger partial charge in [0.2, 0.25) is 5.91 Å². The number of benzene rings is 1.